The van der Waals surface area contributed by atoms with Gasteiger partial charge in [0.1, 0.15) is 0 Å². The van der Waals surface area contributed by atoms with E-state index in [1.807, 2.05) is 0 Å². The van der Waals surface area contributed by atoms with E-state index in [1.54, 1.807) is 0 Å². The maximum Gasteiger partial charge on any atom is 0.316 e. The summed E-state index contributed by atoms with van der Waals surface area (Å²) in [5.74, 6) is 0.459. The lowest BCUT2D eigenvalue weighted by Gasteiger charge is -2.11. The third kappa shape index (κ3) is 4.21. The normalized spacial score (nSPS) is 27.9. The quantitative estimate of drug-likeness (QED) is 0.650. The molecule has 0 aromatic heterocycles. The molecule has 12 heavy (non-hydrogen) atoms. The minimum atomic E-state index is -2.72. The zero-order chi connectivity index (χ0) is 8.81. The van der Waals surface area contributed by atoms with Gasteiger partial charge in [-0.05, 0) is 38.3 Å². The van der Waals surface area contributed by atoms with E-state index in [1.165, 1.54) is 0 Å². The second-order valence-electron chi connectivity index (χ2n) is 3.12. The fourth-order valence-electron chi connectivity index (χ4n) is 1.45. The Balaban J connectivity index is 2.16. The molecule has 1 rings (SSSR count). The standard InChI is InChI=1S/C7H16NO3P/c9-12(10)11-6-7-2-1-4-8-5-3-7/h7-8,12H,1-6H2,(H,9,10). The molecule has 0 aliphatic carbocycles. The predicted octanol–water partition coefficient (Wildman–Crippen LogP) is 0.775. The highest BCUT2D eigenvalue weighted by atomic mass is 31.1. The molecule has 0 amide bonds. The average Bonchev–Trinajstić information content (AvgIpc) is 2.28. The Morgan fingerprint density at radius 2 is 2.33 bits per heavy atom. The Hall–Kier alpha value is 0.110. The van der Waals surface area contributed by atoms with Crippen molar-refractivity contribution in [3.05, 3.63) is 0 Å². The molecule has 72 valence electrons. The van der Waals surface area contributed by atoms with Crippen molar-refractivity contribution in [1.29, 1.82) is 0 Å². The molecule has 1 saturated heterocycles. The van der Waals surface area contributed by atoms with Gasteiger partial charge in [-0.2, -0.15) is 0 Å². The Morgan fingerprint density at radius 3 is 3.08 bits per heavy atom. The fourth-order valence-corrected chi connectivity index (χ4v) is 1.83. The molecule has 1 fully saturated rings. The molecule has 1 heterocycles. The zero-order valence-corrected chi connectivity index (χ0v) is 8.08. The molecule has 0 saturated carbocycles. The molecule has 1 aliphatic heterocycles. The highest BCUT2D eigenvalue weighted by Crippen LogP contribution is 2.21. The van der Waals surface area contributed by atoms with Gasteiger partial charge in [-0.1, -0.05) is 0 Å². The first kappa shape index (κ1) is 10.2. The van der Waals surface area contributed by atoms with Crippen LogP contribution in [-0.2, 0) is 9.09 Å². The van der Waals surface area contributed by atoms with Gasteiger partial charge < -0.3 is 14.7 Å². The lowest BCUT2D eigenvalue weighted by atomic mass is 10.0. The number of hydrogen-bond donors (Lipinski definition) is 2. The van der Waals surface area contributed by atoms with E-state index in [-0.39, 0.29) is 0 Å². The monoisotopic (exact) mass is 193 g/mol. The molecule has 4 nitrogen and oxygen atoms in total. The number of nitrogens with one attached hydrogen (secondary N) is 1. The molecule has 5 heteroatoms. The van der Waals surface area contributed by atoms with Crippen molar-refractivity contribution in [2.45, 2.75) is 19.3 Å². The molecular weight excluding hydrogens is 177 g/mol. The highest BCUT2D eigenvalue weighted by molar-refractivity contribution is 7.32. The molecule has 1 aliphatic rings. The van der Waals surface area contributed by atoms with Crippen LogP contribution in [0.15, 0.2) is 0 Å². The molecule has 0 radical (unpaired) electrons. The van der Waals surface area contributed by atoms with Crippen molar-refractivity contribution in [2.24, 2.45) is 5.92 Å². The summed E-state index contributed by atoms with van der Waals surface area (Å²) in [6.07, 6.45) is 3.29. The third-order valence-electron chi connectivity index (χ3n) is 2.14. The molecule has 0 bridgehead atoms. The Kier molecular flexibility index (Phi) is 4.84. The summed E-state index contributed by atoms with van der Waals surface area (Å²) in [6.45, 7) is 2.50. The molecular formula is C7H16NO3P. The van der Waals surface area contributed by atoms with Crippen LogP contribution in [-0.4, -0.2) is 24.6 Å². The number of hydrogen-bond acceptors (Lipinski definition) is 3. The Labute approximate surface area is 73.3 Å². The smallest absolute Gasteiger partial charge is 0.316 e. The molecule has 2 atom stereocenters. The van der Waals surface area contributed by atoms with Crippen molar-refractivity contribution in [3.8, 4) is 0 Å². The first-order valence-electron chi connectivity index (χ1n) is 4.35. The Bertz CT molecular complexity index is 146. The van der Waals surface area contributed by atoms with Crippen molar-refractivity contribution < 1.29 is 14.0 Å². The van der Waals surface area contributed by atoms with Crippen LogP contribution in [0.4, 0.5) is 0 Å². The minimum absolute atomic E-state index is 0.440. The third-order valence-corrected chi connectivity index (χ3v) is 2.55. The molecule has 2 unspecified atom stereocenters. The van der Waals surface area contributed by atoms with Crippen LogP contribution in [0.5, 0.6) is 0 Å². The van der Waals surface area contributed by atoms with Crippen LogP contribution in [0.25, 0.3) is 0 Å². The molecule has 2 N–H and O–H groups in total. The summed E-state index contributed by atoms with van der Waals surface area (Å²) in [5.41, 5.74) is 0. The largest absolute Gasteiger partial charge is 0.326 e. The SMILES string of the molecule is O=[PH](O)OCC1CCCNCC1. The van der Waals surface area contributed by atoms with Gasteiger partial charge in [-0.25, -0.2) is 0 Å². The second kappa shape index (κ2) is 5.70. The van der Waals surface area contributed by atoms with Crippen LogP contribution in [0, 0.1) is 5.92 Å². The lowest BCUT2D eigenvalue weighted by molar-refractivity contribution is 0.221. The summed E-state index contributed by atoms with van der Waals surface area (Å²) in [7, 11) is -2.72. The van der Waals surface area contributed by atoms with E-state index in [2.05, 4.69) is 5.32 Å². The van der Waals surface area contributed by atoms with Gasteiger partial charge in [0.05, 0.1) is 6.61 Å². The maximum absolute atomic E-state index is 10.3. The van der Waals surface area contributed by atoms with Gasteiger partial charge in [-0.3, -0.25) is 4.57 Å². The van der Waals surface area contributed by atoms with Crippen LogP contribution in [0.3, 0.4) is 0 Å². The van der Waals surface area contributed by atoms with Crippen molar-refractivity contribution in [3.63, 3.8) is 0 Å². The van der Waals surface area contributed by atoms with Crippen molar-refractivity contribution in [2.75, 3.05) is 19.7 Å². The Morgan fingerprint density at radius 1 is 1.50 bits per heavy atom. The summed E-state index contributed by atoms with van der Waals surface area (Å²) in [5, 5.41) is 3.28. The summed E-state index contributed by atoms with van der Waals surface area (Å²) < 4.78 is 15.0. The highest BCUT2D eigenvalue weighted by Gasteiger charge is 2.12. The lowest BCUT2D eigenvalue weighted by Crippen LogP contribution is -2.15. The van der Waals surface area contributed by atoms with Crippen LogP contribution < -0.4 is 5.32 Å². The second-order valence-corrected chi connectivity index (χ2v) is 3.94. The van der Waals surface area contributed by atoms with Gasteiger partial charge >= 0.3 is 8.25 Å². The van der Waals surface area contributed by atoms with Crippen molar-refractivity contribution >= 4 is 8.25 Å². The van der Waals surface area contributed by atoms with Crippen molar-refractivity contribution in [1.82, 2.24) is 5.32 Å². The van der Waals surface area contributed by atoms with Gasteiger partial charge in [0, 0.05) is 0 Å². The van der Waals surface area contributed by atoms with Gasteiger partial charge in [0.15, 0.2) is 0 Å². The van der Waals surface area contributed by atoms with Gasteiger partial charge in [0.25, 0.3) is 0 Å². The van der Waals surface area contributed by atoms with E-state index in [0.29, 0.717) is 12.5 Å². The summed E-state index contributed by atoms with van der Waals surface area (Å²) >= 11 is 0. The summed E-state index contributed by atoms with van der Waals surface area (Å²) in [6, 6.07) is 0. The van der Waals surface area contributed by atoms with Gasteiger partial charge in [0.2, 0.25) is 0 Å². The topological polar surface area (TPSA) is 58.6 Å². The molecule has 0 aromatic carbocycles. The van der Waals surface area contributed by atoms with E-state index in [9.17, 15) is 4.57 Å². The maximum atomic E-state index is 10.3. The van der Waals surface area contributed by atoms with Crippen LogP contribution in [0.2, 0.25) is 0 Å². The van der Waals surface area contributed by atoms with E-state index in [0.717, 1.165) is 32.4 Å². The zero-order valence-electron chi connectivity index (χ0n) is 7.08. The summed E-state index contributed by atoms with van der Waals surface area (Å²) in [4.78, 5) is 8.46. The predicted molar refractivity (Wildman–Crippen MR) is 47.4 cm³/mol. The van der Waals surface area contributed by atoms with E-state index in [4.69, 9.17) is 9.42 Å². The van der Waals surface area contributed by atoms with E-state index < -0.39 is 8.25 Å². The first-order valence-corrected chi connectivity index (χ1v) is 5.62. The minimum Gasteiger partial charge on any atom is -0.326 e. The van der Waals surface area contributed by atoms with E-state index >= 15 is 0 Å². The number of rotatable bonds is 3. The van der Waals surface area contributed by atoms with Crippen LogP contribution >= 0.6 is 8.25 Å². The fraction of sp³-hybridized carbons (Fsp3) is 1.00. The molecule has 0 spiro atoms. The first-order chi connectivity index (χ1) is 5.79. The van der Waals surface area contributed by atoms with Gasteiger partial charge in [-0.15, -0.1) is 0 Å². The average molecular weight is 193 g/mol. The van der Waals surface area contributed by atoms with Crippen LogP contribution in [0.1, 0.15) is 19.3 Å². The molecule has 0 aromatic rings.